The maximum atomic E-state index is 13.3. The molecule has 12 nitrogen and oxygen atoms in total. The summed E-state index contributed by atoms with van der Waals surface area (Å²) in [6.45, 7) is 0. The van der Waals surface area contributed by atoms with E-state index in [9.17, 15) is 34.2 Å². The molecule has 2 aromatic carbocycles. The number of nitrogens with one attached hydrogen (secondary N) is 4. The maximum Gasteiger partial charge on any atom is 0.326 e. The van der Waals surface area contributed by atoms with Crippen LogP contribution >= 0.6 is 11.8 Å². The van der Waals surface area contributed by atoms with Crippen molar-refractivity contribution < 1.29 is 34.2 Å². The Hall–Kier alpha value is -4.36. The van der Waals surface area contributed by atoms with E-state index >= 15 is 0 Å². The smallest absolute Gasteiger partial charge is 0.326 e. The lowest BCUT2D eigenvalue weighted by atomic mass is 10.0. The third-order valence-corrected chi connectivity index (χ3v) is 7.52. The highest BCUT2D eigenvalue weighted by Crippen LogP contribution is 2.19. The molecule has 0 saturated carbocycles. The number of carboxylic acids is 2. The molecule has 4 atom stereocenters. The van der Waals surface area contributed by atoms with Crippen LogP contribution in [0.4, 0.5) is 0 Å². The van der Waals surface area contributed by atoms with Gasteiger partial charge >= 0.3 is 11.9 Å². The van der Waals surface area contributed by atoms with E-state index in [0.717, 1.165) is 16.5 Å². The zero-order valence-electron chi connectivity index (χ0n) is 23.7. The van der Waals surface area contributed by atoms with Gasteiger partial charge in [0, 0.05) is 29.9 Å². The van der Waals surface area contributed by atoms with Crippen LogP contribution in [-0.2, 0) is 36.8 Å². The molecule has 1 heterocycles. The molecule has 0 bridgehead atoms. The van der Waals surface area contributed by atoms with Crippen LogP contribution in [0.15, 0.2) is 60.8 Å². The van der Waals surface area contributed by atoms with Crippen LogP contribution in [0.5, 0.6) is 0 Å². The number of para-hydroxylation sites is 1. The summed E-state index contributed by atoms with van der Waals surface area (Å²) in [5.74, 6) is -4.09. The summed E-state index contributed by atoms with van der Waals surface area (Å²) < 4.78 is 0. The summed E-state index contributed by atoms with van der Waals surface area (Å²) in [5.41, 5.74) is 8.63. The number of hydrogen-bond donors (Lipinski definition) is 7. The molecule has 1 aromatic heterocycles. The van der Waals surface area contributed by atoms with Crippen LogP contribution in [0, 0.1) is 0 Å². The lowest BCUT2D eigenvalue weighted by molar-refractivity contribution is -0.143. The van der Waals surface area contributed by atoms with E-state index in [-0.39, 0.29) is 25.7 Å². The number of carbonyl (C=O) groups excluding carboxylic acids is 3. The molecule has 3 aromatic rings. The number of aromatic nitrogens is 1. The van der Waals surface area contributed by atoms with E-state index in [0.29, 0.717) is 11.3 Å². The van der Waals surface area contributed by atoms with Crippen molar-refractivity contribution in [2.45, 2.75) is 56.3 Å². The Morgan fingerprint density at radius 2 is 1.42 bits per heavy atom. The number of nitrogens with two attached hydrogens (primary N) is 1. The number of hydrogen-bond acceptors (Lipinski definition) is 7. The van der Waals surface area contributed by atoms with E-state index in [2.05, 4.69) is 20.9 Å². The first-order chi connectivity index (χ1) is 20.6. The van der Waals surface area contributed by atoms with Crippen LogP contribution in [0.2, 0.25) is 0 Å². The molecule has 3 amide bonds. The third kappa shape index (κ3) is 10.1. The summed E-state index contributed by atoms with van der Waals surface area (Å²) in [4.78, 5) is 65.9. The normalized spacial score (nSPS) is 13.8. The Kier molecular flexibility index (Phi) is 12.6. The van der Waals surface area contributed by atoms with Crippen molar-refractivity contribution >= 4 is 52.3 Å². The highest BCUT2D eigenvalue weighted by atomic mass is 32.2. The predicted octanol–water partition coefficient (Wildman–Crippen LogP) is 1.44. The van der Waals surface area contributed by atoms with Crippen LogP contribution < -0.4 is 21.7 Å². The fourth-order valence-corrected chi connectivity index (χ4v) is 5.02. The van der Waals surface area contributed by atoms with Gasteiger partial charge in [-0.3, -0.25) is 19.2 Å². The summed E-state index contributed by atoms with van der Waals surface area (Å²) in [6, 6.07) is 11.6. The molecule has 0 radical (unpaired) electrons. The van der Waals surface area contributed by atoms with Crippen molar-refractivity contribution in [1.82, 2.24) is 20.9 Å². The number of aromatic amines is 1. The van der Waals surface area contributed by atoms with E-state index in [1.807, 2.05) is 30.5 Å². The van der Waals surface area contributed by atoms with E-state index in [1.54, 1.807) is 36.5 Å². The lowest BCUT2D eigenvalue weighted by Gasteiger charge is -2.25. The molecule has 0 fully saturated rings. The number of H-pyrrole nitrogens is 1. The zero-order chi connectivity index (χ0) is 31.4. The van der Waals surface area contributed by atoms with Crippen molar-refractivity contribution in [2.75, 3.05) is 12.0 Å². The first-order valence-corrected chi connectivity index (χ1v) is 15.2. The van der Waals surface area contributed by atoms with Crippen molar-refractivity contribution in [2.24, 2.45) is 5.73 Å². The number of aliphatic carboxylic acids is 2. The minimum absolute atomic E-state index is 0.0117. The van der Waals surface area contributed by atoms with Gasteiger partial charge in [-0.25, -0.2) is 4.79 Å². The summed E-state index contributed by atoms with van der Waals surface area (Å²) in [6.07, 6.45) is 3.30. The Morgan fingerprint density at radius 3 is 2.07 bits per heavy atom. The predicted molar refractivity (Wildman–Crippen MR) is 163 cm³/mol. The maximum absolute atomic E-state index is 13.3. The van der Waals surface area contributed by atoms with Crippen molar-refractivity contribution in [1.29, 1.82) is 0 Å². The van der Waals surface area contributed by atoms with Gasteiger partial charge in [-0.05, 0) is 48.5 Å². The second-order valence-corrected chi connectivity index (χ2v) is 11.1. The molecule has 8 N–H and O–H groups in total. The fraction of sp³-hybridized carbons (Fsp3) is 0.367. The highest BCUT2D eigenvalue weighted by Gasteiger charge is 2.31. The van der Waals surface area contributed by atoms with Crippen molar-refractivity contribution in [3.8, 4) is 0 Å². The number of rotatable bonds is 17. The number of benzene rings is 2. The largest absolute Gasteiger partial charge is 0.481 e. The third-order valence-electron chi connectivity index (χ3n) is 6.87. The Morgan fingerprint density at radius 1 is 0.814 bits per heavy atom. The lowest BCUT2D eigenvalue weighted by Crippen LogP contribution is -2.57. The van der Waals surface area contributed by atoms with E-state index in [1.165, 1.54) is 11.8 Å². The van der Waals surface area contributed by atoms with Gasteiger partial charge in [0.25, 0.3) is 0 Å². The quantitative estimate of drug-likeness (QED) is 0.118. The number of fused-ring (bicyclic) bond motifs is 1. The molecule has 0 aliphatic heterocycles. The molecule has 0 aliphatic rings. The molecule has 230 valence electrons. The second kappa shape index (κ2) is 16.3. The van der Waals surface area contributed by atoms with Crippen LogP contribution in [0.25, 0.3) is 10.9 Å². The Bertz CT molecular complexity index is 1410. The molecular formula is C30H37N5O7S. The molecule has 13 heteroatoms. The molecule has 43 heavy (non-hydrogen) atoms. The minimum atomic E-state index is -1.35. The fourth-order valence-electron chi connectivity index (χ4n) is 4.54. The van der Waals surface area contributed by atoms with Gasteiger partial charge < -0.3 is 36.9 Å². The molecule has 3 rings (SSSR count). The average Bonchev–Trinajstić information content (AvgIpc) is 3.39. The number of carbonyl (C=O) groups is 5. The van der Waals surface area contributed by atoms with Gasteiger partial charge in [0.2, 0.25) is 17.7 Å². The Labute approximate surface area is 253 Å². The molecule has 0 aliphatic carbocycles. The van der Waals surface area contributed by atoms with E-state index < -0.39 is 60.2 Å². The molecule has 0 spiro atoms. The number of carboxylic acid groups (broad SMARTS) is 2. The summed E-state index contributed by atoms with van der Waals surface area (Å²) >= 11 is 1.45. The highest BCUT2D eigenvalue weighted by molar-refractivity contribution is 7.98. The number of thioether (sulfide) groups is 1. The van der Waals surface area contributed by atoms with Gasteiger partial charge in [-0.15, -0.1) is 0 Å². The summed E-state index contributed by atoms with van der Waals surface area (Å²) in [5, 5.41) is 27.4. The van der Waals surface area contributed by atoms with Gasteiger partial charge in [0.1, 0.15) is 18.1 Å². The van der Waals surface area contributed by atoms with Crippen LogP contribution in [0.1, 0.15) is 30.4 Å². The first kappa shape index (κ1) is 33.1. The van der Waals surface area contributed by atoms with Crippen LogP contribution in [-0.4, -0.2) is 81.0 Å². The SMILES string of the molecule is CSCCC(NC(=O)C(N)Cc1c[nH]c2ccccc12)C(=O)NC(CCC(=O)O)C(=O)NC(Cc1ccccc1)C(=O)O. The zero-order valence-corrected chi connectivity index (χ0v) is 24.6. The topological polar surface area (TPSA) is 204 Å². The average molecular weight is 612 g/mol. The van der Waals surface area contributed by atoms with Gasteiger partial charge in [0.15, 0.2) is 0 Å². The molecule has 0 saturated heterocycles. The Balaban J connectivity index is 1.70. The monoisotopic (exact) mass is 611 g/mol. The van der Waals surface area contributed by atoms with Crippen LogP contribution in [0.3, 0.4) is 0 Å². The first-order valence-electron chi connectivity index (χ1n) is 13.8. The summed E-state index contributed by atoms with van der Waals surface area (Å²) in [7, 11) is 0. The minimum Gasteiger partial charge on any atom is -0.481 e. The van der Waals surface area contributed by atoms with Gasteiger partial charge in [0.05, 0.1) is 6.04 Å². The van der Waals surface area contributed by atoms with Gasteiger partial charge in [-0.2, -0.15) is 11.8 Å². The van der Waals surface area contributed by atoms with Crippen molar-refractivity contribution in [3.63, 3.8) is 0 Å². The molecular weight excluding hydrogens is 574 g/mol. The van der Waals surface area contributed by atoms with Crippen molar-refractivity contribution in [3.05, 3.63) is 71.9 Å². The molecule has 4 unspecified atom stereocenters. The number of amides is 3. The van der Waals surface area contributed by atoms with E-state index in [4.69, 9.17) is 5.73 Å². The second-order valence-electron chi connectivity index (χ2n) is 10.1. The standard InChI is InChI=1S/C30H37N5O7S/c1-43-14-13-24(33-27(38)21(31)16-19-17-32-22-10-6-5-9-20(19)22)29(40)34-23(11-12-26(36)37)28(39)35-25(30(41)42)15-18-7-3-2-4-8-18/h2-10,17,21,23-25,32H,11-16,31H2,1H3,(H,33,38)(H,34,40)(H,35,39)(H,36,37)(H,41,42). The van der Waals surface area contributed by atoms with Gasteiger partial charge in [-0.1, -0.05) is 48.5 Å².